The van der Waals surface area contributed by atoms with Gasteiger partial charge in [0, 0.05) is 0 Å². The van der Waals surface area contributed by atoms with Gasteiger partial charge in [-0.3, -0.25) is 0 Å². The molecular formula is C33H58O4. The lowest BCUT2D eigenvalue weighted by Gasteiger charge is -2.58. The summed E-state index contributed by atoms with van der Waals surface area (Å²) in [6.07, 6.45) is 18.0. The molecule has 4 rings (SSSR count). The Labute approximate surface area is 228 Å². The minimum atomic E-state index is 0.0689. The van der Waals surface area contributed by atoms with Crippen LogP contribution in [0.4, 0.5) is 0 Å². The Kier molecular flexibility index (Phi) is 10.6. The fourth-order valence-corrected chi connectivity index (χ4v) is 9.45. The van der Waals surface area contributed by atoms with Gasteiger partial charge in [-0.15, -0.1) is 0 Å². The molecule has 3 unspecified atom stereocenters. The highest BCUT2D eigenvalue weighted by Gasteiger charge is 2.59. The molecule has 0 spiro atoms. The monoisotopic (exact) mass is 518 g/mol. The highest BCUT2D eigenvalue weighted by Crippen LogP contribution is 2.67. The lowest BCUT2D eigenvalue weighted by molar-refractivity contribution is -0.0690. The summed E-state index contributed by atoms with van der Waals surface area (Å²) in [5, 5.41) is 8.75. The zero-order valence-electron chi connectivity index (χ0n) is 24.8. The molecule has 0 heterocycles. The fourth-order valence-electron chi connectivity index (χ4n) is 9.45. The second-order valence-corrected chi connectivity index (χ2v) is 14.0. The largest absolute Gasteiger partial charge is 0.394 e. The fraction of sp³-hybridized carbons (Fsp3) is 0.939. The van der Waals surface area contributed by atoms with Crippen molar-refractivity contribution in [3.63, 3.8) is 0 Å². The molecule has 214 valence electrons. The van der Waals surface area contributed by atoms with Crippen molar-refractivity contribution in [2.75, 3.05) is 39.6 Å². The molecule has 0 aromatic carbocycles. The average molecular weight is 519 g/mol. The molecule has 3 fully saturated rings. The first-order chi connectivity index (χ1) is 17.8. The molecule has 0 radical (unpaired) electrons. The summed E-state index contributed by atoms with van der Waals surface area (Å²) in [7, 11) is 0. The molecule has 1 N–H and O–H groups in total. The molecule has 37 heavy (non-hydrogen) atoms. The highest BCUT2D eigenvalue weighted by atomic mass is 16.5. The number of aliphatic hydroxyl groups is 1. The summed E-state index contributed by atoms with van der Waals surface area (Å²) in [5.41, 5.74) is 2.68. The van der Waals surface area contributed by atoms with Crippen LogP contribution < -0.4 is 0 Å². The Balaban J connectivity index is 1.29. The number of hydrogen-bond acceptors (Lipinski definition) is 4. The summed E-state index contributed by atoms with van der Waals surface area (Å²) >= 11 is 0. The second kappa shape index (κ2) is 13.3. The normalized spacial score (nSPS) is 38.1. The van der Waals surface area contributed by atoms with Crippen LogP contribution in [0, 0.1) is 46.3 Å². The van der Waals surface area contributed by atoms with Gasteiger partial charge in [0.05, 0.1) is 45.7 Å². The number of rotatable bonds is 14. The third kappa shape index (κ3) is 6.67. The van der Waals surface area contributed by atoms with Crippen LogP contribution in [0.15, 0.2) is 11.6 Å². The van der Waals surface area contributed by atoms with Gasteiger partial charge in [0.2, 0.25) is 0 Å². The van der Waals surface area contributed by atoms with E-state index in [1.54, 1.807) is 5.57 Å². The molecule has 0 aliphatic heterocycles. The molecule has 3 saturated carbocycles. The molecule has 0 aromatic heterocycles. The molecular weight excluding hydrogens is 460 g/mol. The lowest BCUT2D eigenvalue weighted by Crippen LogP contribution is -2.51. The maximum atomic E-state index is 8.75. The van der Waals surface area contributed by atoms with Crippen LogP contribution in [-0.2, 0) is 14.2 Å². The van der Waals surface area contributed by atoms with Gasteiger partial charge >= 0.3 is 0 Å². The summed E-state index contributed by atoms with van der Waals surface area (Å²) in [5.74, 6) is 5.39. The van der Waals surface area contributed by atoms with E-state index in [0.29, 0.717) is 50.0 Å². The van der Waals surface area contributed by atoms with E-state index in [9.17, 15) is 0 Å². The van der Waals surface area contributed by atoms with Crippen LogP contribution >= 0.6 is 0 Å². The van der Waals surface area contributed by atoms with Crippen molar-refractivity contribution in [3.8, 4) is 0 Å². The predicted octanol–water partition coefficient (Wildman–Crippen LogP) is 7.44. The van der Waals surface area contributed by atoms with Gasteiger partial charge in [0.1, 0.15) is 0 Å². The zero-order chi connectivity index (χ0) is 26.5. The van der Waals surface area contributed by atoms with Crippen molar-refractivity contribution >= 4 is 0 Å². The summed E-state index contributed by atoms with van der Waals surface area (Å²) < 4.78 is 17.1. The Hall–Kier alpha value is -0.420. The van der Waals surface area contributed by atoms with E-state index in [1.807, 2.05) is 0 Å². The molecule has 4 aliphatic rings. The van der Waals surface area contributed by atoms with Gasteiger partial charge in [-0.2, -0.15) is 0 Å². The van der Waals surface area contributed by atoms with E-state index in [1.165, 1.54) is 64.2 Å². The number of aliphatic hydroxyl groups excluding tert-OH is 1. The van der Waals surface area contributed by atoms with Crippen molar-refractivity contribution in [3.05, 3.63) is 11.6 Å². The highest BCUT2D eigenvalue weighted by molar-refractivity contribution is 5.25. The van der Waals surface area contributed by atoms with Gasteiger partial charge in [0.15, 0.2) is 0 Å². The number of fused-ring (bicyclic) bond motifs is 5. The quantitative estimate of drug-likeness (QED) is 0.192. The van der Waals surface area contributed by atoms with Crippen LogP contribution in [0.3, 0.4) is 0 Å². The lowest BCUT2D eigenvalue weighted by atomic mass is 9.47. The van der Waals surface area contributed by atoms with E-state index >= 15 is 0 Å². The van der Waals surface area contributed by atoms with Crippen molar-refractivity contribution in [1.82, 2.24) is 0 Å². The maximum Gasteiger partial charge on any atom is 0.0704 e. The Bertz CT molecular complexity index is 734. The summed E-state index contributed by atoms with van der Waals surface area (Å²) in [6, 6.07) is 0. The number of allylic oxidation sites excluding steroid dienone is 1. The van der Waals surface area contributed by atoms with Gasteiger partial charge < -0.3 is 19.3 Å². The van der Waals surface area contributed by atoms with Gasteiger partial charge in [-0.05, 0) is 97.7 Å². The van der Waals surface area contributed by atoms with Gasteiger partial charge in [-0.1, -0.05) is 65.5 Å². The predicted molar refractivity (Wildman–Crippen MR) is 152 cm³/mol. The minimum Gasteiger partial charge on any atom is -0.394 e. The first-order valence-corrected chi connectivity index (χ1v) is 15.9. The molecule has 4 heteroatoms. The number of hydrogen-bond donors (Lipinski definition) is 1. The minimum absolute atomic E-state index is 0.0689. The average Bonchev–Trinajstić information content (AvgIpc) is 3.22. The van der Waals surface area contributed by atoms with Crippen molar-refractivity contribution in [1.29, 1.82) is 0 Å². The first-order valence-electron chi connectivity index (χ1n) is 15.9. The third-order valence-corrected chi connectivity index (χ3v) is 11.4. The molecule has 4 aliphatic carbocycles. The van der Waals surface area contributed by atoms with Gasteiger partial charge in [-0.25, -0.2) is 0 Å². The van der Waals surface area contributed by atoms with E-state index in [2.05, 4.69) is 40.7 Å². The van der Waals surface area contributed by atoms with E-state index in [0.717, 1.165) is 41.9 Å². The molecule has 8 atom stereocenters. The molecule has 0 amide bonds. The third-order valence-electron chi connectivity index (χ3n) is 11.4. The van der Waals surface area contributed by atoms with Crippen LogP contribution in [0.2, 0.25) is 0 Å². The van der Waals surface area contributed by atoms with Gasteiger partial charge in [0.25, 0.3) is 0 Å². The zero-order valence-corrected chi connectivity index (χ0v) is 24.8. The summed E-state index contributed by atoms with van der Waals surface area (Å²) in [6.45, 7) is 15.5. The van der Waals surface area contributed by atoms with E-state index in [4.69, 9.17) is 19.3 Å². The van der Waals surface area contributed by atoms with Crippen LogP contribution in [0.1, 0.15) is 105 Å². The molecule has 0 bridgehead atoms. The molecule has 4 nitrogen and oxygen atoms in total. The van der Waals surface area contributed by atoms with E-state index < -0.39 is 0 Å². The van der Waals surface area contributed by atoms with E-state index in [-0.39, 0.29) is 6.61 Å². The van der Waals surface area contributed by atoms with Crippen LogP contribution in [-0.4, -0.2) is 50.9 Å². The SMILES string of the molecule is CC(C)CCC[C@@H](C)[C@H]1CCC2C3CC=C4C[C@@H](OCCOCCOCCO)CC[C@]4(C)C3CC[C@@]21C. The molecule has 0 saturated heterocycles. The Morgan fingerprint density at radius 2 is 1.65 bits per heavy atom. The topological polar surface area (TPSA) is 47.9 Å². The Morgan fingerprint density at radius 1 is 0.892 bits per heavy atom. The second-order valence-electron chi connectivity index (χ2n) is 14.0. The van der Waals surface area contributed by atoms with Crippen molar-refractivity contribution < 1.29 is 19.3 Å². The van der Waals surface area contributed by atoms with Crippen LogP contribution in [0.25, 0.3) is 0 Å². The molecule has 0 aromatic rings. The number of ether oxygens (including phenoxy) is 3. The van der Waals surface area contributed by atoms with Crippen molar-refractivity contribution in [2.24, 2.45) is 46.3 Å². The smallest absolute Gasteiger partial charge is 0.0704 e. The Morgan fingerprint density at radius 3 is 2.41 bits per heavy atom. The maximum absolute atomic E-state index is 8.75. The standard InChI is InChI=1S/C33H58O4/c1-24(2)7-6-8-25(3)29-11-12-30-28-10-9-26-23-27(37-22-21-36-20-19-35-18-17-34)13-15-32(26,4)31(28)14-16-33(29,30)5/h9,24-25,27-31,34H,6-8,10-23H2,1-5H3/t25-,27+,28?,29-,30?,31?,32+,33-/m1/s1. The van der Waals surface area contributed by atoms with Crippen LogP contribution in [0.5, 0.6) is 0 Å². The van der Waals surface area contributed by atoms with Crippen molar-refractivity contribution in [2.45, 2.75) is 111 Å². The summed E-state index contributed by atoms with van der Waals surface area (Å²) in [4.78, 5) is 0. The first kappa shape index (κ1) is 29.6.